The van der Waals surface area contributed by atoms with Gasteiger partial charge in [-0.05, 0) is 29.8 Å². The molecule has 1 N–H and O–H groups in total. The van der Waals surface area contributed by atoms with Crippen LogP contribution in [0.15, 0.2) is 54.6 Å². The number of halogens is 2. The van der Waals surface area contributed by atoms with E-state index < -0.39 is 5.82 Å². The summed E-state index contributed by atoms with van der Waals surface area (Å²) in [6.07, 6.45) is 3.10. The van der Waals surface area contributed by atoms with E-state index in [4.69, 9.17) is 11.6 Å². The quantitative estimate of drug-likeness (QED) is 0.839. The zero-order valence-corrected chi connectivity index (χ0v) is 10.7. The van der Waals surface area contributed by atoms with Gasteiger partial charge in [0, 0.05) is 11.8 Å². The lowest BCUT2D eigenvalue weighted by molar-refractivity contribution is -0.111. The molecule has 19 heavy (non-hydrogen) atoms. The monoisotopic (exact) mass is 275 g/mol. The Kier molecular flexibility index (Phi) is 4.31. The second-order valence-electron chi connectivity index (χ2n) is 3.86. The van der Waals surface area contributed by atoms with Gasteiger partial charge in [0.05, 0.1) is 5.02 Å². The van der Waals surface area contributed by atoms with E-state index in [9.17, 15) is 9.18 Å². The molecule has 0 fully saturated rings. The van der Waals surface area contributed by atoms with Crippen molar-refractivity contribution in [3.05, 3.63) is 71.0 Å². The van der Waals surface area contributed by atoms with Crippen molar-refractivity contribution < 1.29 is 9.18 Å². The molecule has 2 aromatic carbocycles. The number of hydrogen-bond donors (Lipinski definition) is 1. The molecule has 0 spiro atoms. The average Bonchev–Trinajstić information content (AvgIpc) is 2.42. The molecule has 0 saturated heterocycles. The summed E-state index contributed by atoms with van der Waals surface area (Å²) in [5.74, 6) is -0.814. The van der Waals surface area contributed by atoms with Crippen LogP contribution in [0.25, 0.3) is 6.08 Å². The Labute approximate surface area is 115 Å². The first-order valence-corrected chi connectivity index (χ1v) is 6.02. The van der Waals surface area contributed by atoms with Crippen LogP contribution in [0.4, 0.5) is 10.1 Å². The van der Waals surface area contributed by atoms with Gasteiger partial charge in [-0.1, -0.05) is 41.9 Å². The highest BCUT2D eigenvalue weighted by Gasteiger charge is 2.02. The summed E-state index contributed by atoms with van der Waals surface area (Å²) in [5.41, 5.74) is 1.38. The van der Waals surface area contributed by atoms with Crippen molar-refractivity contribution in [1.29, 1.82) is 0 Å². The zero-order valence-electron chi connectivity index (χ0n) is 9.94. The van der Waals surface area contributed by atoms with Gasteiger partial charge in [-0.15, -0.1) is 0 Å². The topological polar surface area (TPSA) is 29.1 Å². The maximum Gasteiger partial charge on any atom is 0.248 e. The Balaban J connectivity index is 2.01. The van der Waals surface area contributed by atoms with Crippen molar-refractivity contribution in [2.75, 3.05) is 5.32 Å². The minimum absolute atomic E-state index is 0.0233. The molecule has 0 aliphatic heterocycles. The Hall–Kier alpha value is -2.13. The maximum absolute atomic E-state index is 12.9. The van der Waals surface area contributed by atoms with Crippen molar-refractivity contribution >= 4 is 29.3 Å². The summed E-state index contributed by atoms with van der Waals surface area (Å²) in [6, 6.07) is 13.5. The first-order chi connectivity index (χ1) is 9.15. The fourth-order valence-corrected chi connectivity index (χ4v) is 1.67. The van der Waals surface area contributed by atoms with Gasteiger partial charge >= 0.3 is 0 Å². The van der Waals surface area contributed by atoms with Crippen LogP contribution in [-0.4, -0.2) is 5.91 Å². The molecular weight excluding hydrogens is 265 g/mol. The van der Waals surface area contributed by atoms with Crippen LogP contribution in [0, 0.1) is 5.82 Å². The lowest BCUT2D eigenvalue weighted by Crippen LogP contribution is -2.07. The molecule has 1 amide bonds. The van der Waals surface area contributed by atoms with E-state index in [1.165, 1.54) is 24.3 Å². The molecule has 0 aliphatic rings. The second-order valence-corrected chi connectivity index (χ2v) is 4.27. The molecule has 2 nitrogen and oxygen atoms in total. The molecule has 0 radical (unpaired) electrons. The van der Waals surface area contributed by atoms with Gasteiger partial charge in [0.1, 0.15) is 5.82 Å². The molecule has 0 heterocycles. The van der Waals surface area contributed by atoms with Crippen molar-refractivity contribution in [1.82, 2.24) is 0 Å². The minimum atomic E-state index is -0.514. The molecule has 2 aromatic rings. The number of carbonyl (C=O) groups is 1. The van der Waals surface area contributed by atoms with Crippen LogP contribution in [0.2, 0.25) is 5.02 Å². The van der Waals surface area contributed by atoms with Crippen molar-refractivity contribution in [3.8, 4) is 0 Å². The van der Waals surface area contributed by atoms with Crippen LogP contribution >= 0.6 is 11.6 Å². The number of carbonyl (C=O) groups excluding carboxylic acids is 1. The van der Waals surface area contributed by atoms with Gasteiger partial charge in [0.15, 0.2) is 0 Å². The van der Waals surface area contributed by atoms with Crippen molar-refractivity contribution in [2.24, 2.45) is 0 Å². The highest BCUT2D eigenvalue weighted by atomic mass is 35.5. The zero-order chi connectivity index (χ0) is 13.7. The Bertz CT molecular complexity index is 611. The highest BCUT2D eigenvalue weighted by molar-refractivity contribution is 6.31. The fourth-order valence-electron chi connectivity index (χ4n) is 1.49. The van der Waals surface area contributed by atoms with E-state index >= 15 is 0 Å². The van der Waals surface area contributed by atoms with Gasteiger partial charge in [-0.25, -0.2) is 4.39 Å². The second kappa shape index (κ2) is 6.16. The van der Waals surface area contributed by atoms with E-state index in [-0.39, 0.29) is 10.9 Å². The SMILES string of the molecule is O=C(/C=C\c1ccccc1)Nc1ccc(F)c(Cl)c1. The van der Waals surface area contributed by atoms with Gasteiger partial charge in [0.25, 0.3) is 0 Å². The number of nitrogens with one attached hydrogen (secondary N) is 1. The molecule has 0 atom stereocenters. The number of rotatable bonds is 3. The lowest BCUT2D eigenvalue weighted by Gasteiger charge is -2.03. The van der Waals surface area contributed by atoms with E-state index in [0.717, 1.165) is 5.56 Å². The molecule has 0 aliphatic carbocycles. The maximum atomic E-state index is 12.9. The van der Waals surface area contributed by atoms with Crippen molar-refractivity contribution in [3.63, 3.8) is 0 Å². The average molecular weight is 276 g/mol. The van der Waals surface area contributed by atoms with Gasteiger partial charge in [-0.2, -0.15) is 0 Å². The number of anilines is 1. The molecule has 0 unspecified atom stereocenters. The Morgan fingerprint density at radius 3 is 2.58 bits per heavy atom. The third-order valence-electron chi connectivity index (χ3n) is 2.41. The smallest absolute Gasteiger partial charge is 0.248 e. The lowest BCUT2D eigenvalue weighted by atomic mass is 10.2. The molecule has 2 rings (SSSR count). The summed E-state index contributed by atoms with van der Waals surface area (Å²) in [4.78, 5) is 11.6. The Morgan fingerprint density at radius 1 is 1.16 bits per heavy atom. The first kappa shape index (κ1) is 13.3. The van der Waals surface area contributed by atoms with Crippen LogP contribution < -0.4 is 5.32 Å². The third kappa shape index (κ3) is 3.93. The van der Waals surface area contributed by atoms with E-state index in [1.807, 2.05) is 30.3 Å². The summed E-state index contributed by atoms with van der Waals surface area (Å²) in [7, 11) is 0. The highest BCUT2D eigenvalue weighted by Crippen LogP contribution is 2.19. The molecule has 96 valence electrons. The number of amides is 1. The normalized spacial score (nSPS) is 10.6. The summed E-state index contributed by atoms with van der Waals surface area (Å²) >= 11 is 5.63. The predicted molar refractivity (Wildman–Crippen MR) is 75.5 cm³/mol. The summed E-state index contributed by atoms with van der Waals surface area (Å²) < 4.78 is 12.9. The summed E-state index contributed by atoms with van der Waals surface area (Å²) in [6.45, 7) is 0. The Morgan fingerprint density at radius 2 is 1.89 bits per heavy atom. The molecule has 0 aromatic heterocycles. The van der Waals surface area contributed by atoms with Crippen LogP contribution in [-0.2, 0) is 4.79 Å². The number of hydrogen-bond acceptors (Lipinski definition) is 1. The molecule has 4 heteroatoms. The fraction of sp³-hybridized carbons (Fsp3) is 0. The number of benzene rings is 2. The third-order valence-corrected chi connectivity index (χ3v) is 2.70. The van der Waals surface area contributed by atoms with E-state index in [0.29, 0.717) is 5.69 Å². The van der Waals surface area contributed by atoms with E-state index in [2.05, 4.69) is 5.32 Å². The summed E-state index contributed by atoms with van der Waals surface area (Å²) in [5, 5.41) is 2.58. The minimum Gasteiger partial charge on any atom is -0.322 e. The first-order valence-electron chi connectivity index (χ1n) is 5.64. The molecule has 0 saturated carbocycles. The standard InChI is InChI=1S/C15H11ClFNO/c16-13-10-12(7-8-14(13)17)18-15(19)9-6-11-4-2-1-3-5-11/h1-10H,(H,18,19)/b9-6-. The van der Waals surface area contributed by atoms with Gasteiger partial charge in [-0.3, -0.25) is 4.79 Å². The van der Waals surface area contributed by atoms with E-state index in [1.54, 1.807) is 6.08 Å². The van der Waals surface area contributed by atoms with Crippen molar-refractivity contribution in [2.45, 2.75) is 0 Å². The molecular formula is C15H11ClFNO. The van der Waals surface area contributed by atoms with Gasteiger partial charge < -0.3 is 5.32 Å². The van der Waals surface area contributed by atoms with Crippen LogP contribution in [0.1, 0.15) is 5.56 Å². The predicted octanol–water partition coefficient (Wildman–Crippen LogP) is 4.13. The van der Waals surface area contributed by atoms with Gasteiger partial charge in [0.2, 0.25) is 5.91 Å². The van der Waals surface area contributed by atoms with Crippen LogP contribution in [0.5, 0.6) is 0 Å². The largest absolute Gasteiger partial charge is 0.322 e. The molecule has 0 bridgehead atoms. The van der Waals surface area contributed by atoms with Crippen LogP contribution in [0.3, 0.4) is 0 Å².